The van der Waals surface area contributed by atoms with E-state index in [4.69, 9.17) is 23.2 Å². The first-order chi connectivity index (χ1) is 8.37. The maximum absolute atomic E-state index is 11.4. The fourth-order valence-corrected chi connectivity index (χ4v) is 4.44. The topological polar surface area (TPSA) is 37.4 Å². The van der Waals surface area contributed by atoms with Gasteiger partial charge in [0.15, 0.2) is 9.84 Å². The summed E-state index contributed by atoms with van der Waals surface area (Å²) in [4.78, 5) is 2.04. The molecular weight excluding hydrogens is 293 g/mol. The molecule has 0 spiro atoms. The molecule has 1 aliphatic rings. The summed E-state index contributed by atoms with van der Waals surface area (Å²) in [6, 6.07) is 5.46. The van der Waals surface area contributed by atoms with E-state index >= 15 is 0 Å². The Kier molecular flexibility index (Phi) is 4.22. The van der Waals surface area contributed by atoms with E-state index in [1.54, 1.807) is 12.1 Å². The van der Waals surface area contributed by atoms with Crippen LogP contribution in [0.5, 0.6) is 0 Å². The van der Waals surface area contributed by atoms with Gasteiger partial charge >= 0.3 is 0 Å². The van der Waals surface area contributed by atoms with Gasteiger partial charge in [0.05, 0.1) is 11.5 Å². The Labute approximate surface area is 118 Å². The molecule has 1 fully saturated rings. The number of hydrogen-bond donors (Lipinski definition) is 0. The van der Waals surface area contributed by atoms with E-state index in [0.29, 0.717) is 23.0 Å². The quantitative estimate of drug-likeness (QED) is 0.861. The molecule has 1 aliphatic heterocycles. The Hall–Kier alpha value is -0.290. The Balaban J connectivity index is 2.05. The molecule has 1 saturated heterocycles. The Morgan fingerprint density at radius 1 is 1.39 bits per heavy atom. The molecule has 3 nitrogen and oxygen atoms in total. The number of sulfone groups is 1. The highest BCUT2D eigenvalue weighted by Gasteiger charge is 2.30. The number of nitrogens with zero attached hydrogens (tertiary/aromatic N) is 1. The van der Waals surface area contributed by atoms with Crippen molar-refractivity contribution >= 4 is 33.0 Å². The Morgan fingerprint density at radius 3 is 2.67 bits per heavy atom. The minimum atomic E-state index is -2.85. The molecule has 1 aromatic carbocycles. The predicted octanol–water partition coefficient (Wildman–Crippen LogP) is 2.61. The number of rotatable bonds is 3. The molecule has 1 heterocycles. The average molecular weight is 308 g/mol. The maximum atomic E-state index is 11.4. The van der Waals surface area contributed by atoms with Crippen molar-refractivity contribution in [3.8, 4) is 0 Å². The van der Waals surface area contributed by atoms with Gasteiger partial charge < -0.3 is 0 Å². The third-order valence-corrected chi connectivity index (χ3v) is 5.60. The van der Waals surface area contributed by atoms with Gasteiger partial charge in [-0.2, -0.15) is 0 Å². The SMILES string of the molecule is CN(Cc1ccc(Cl)cc1Cl)[C@@H]1CCS(=O)(=O)C1. The van der Waals surface area contributed by atoms with E-state index in [2.05, 4.69) is 0 Å². The molecule has 18 heavy (non-hydrogen) atoms. The summed E-state index contributed by atoms with van der Waals surface area (Å²) in [6.07, 6.45) is 0.698. The lowest BCUT2D eigenvalue weighted by molar-refractivity contribution is 0.254. The summed E-state index contributed by atoms with van der Waals surface area (Å²) in [6.45, 7) is 0.635. The summed E-state index contributed by atoms with van der Waals surface area (Å²) in [5, 5.41) is 1.23. The first-order valence-corrected chi connectivity index (χ1v) is 8.30. The lowest BCUT2D eigenvalue weighted by Crippen LogP contribution is -2.32. The van der Waals surface area contributed by atoms with Gasteiger partial charge in [-0.1, -0.05) is 29.3 Å². The second kappa shape index (κ2) is 5.37. The van der Waals surface area contributed by atoms with Crippen molar-refractivity contribution in [2.45, 2.75) is 19.0 Å². The molecule has 1 aromatic rings. The Bertz CT molecular complexity index is 545. The second-order valence-corrected chi connectivity index (χ2v) is 7.78. The van der Waals surface area contributed by atoms with Gasteiger partial charge in [-0.25, -0.2) is 8.42 Å². The molecule has 0 unspecified atom stereocenters. The third kappa shape index (κ3) is 3.38. The van der Waals surface area contributed by atoms with E-state index in [9.17, 15) is 8.42 Å². The van der Waals surface area contributed by atoms with Crippen LogP contribution in [0.25, 0.3) is 0 Å². The molecule has 0 aliphatic carbocycles. The summed E-state index contributed by atoms with van der Waals surface area (Å²) in [5.41, 5.74) is 0.966. The van der Waals surface area contributed by atoms with Crippen LogP contribution >= 0.6 is 23.2 Å². The average Bonchev–Trinajstić information content (AvgIpc) is 2.63. The maximum Gasteiger partial charge on any atom is 0.151 e. The van der Waals surface area contributed by atoms with Crippen LogP contribution in [-0.4, -0.2) is 37.9 Å². The zero-order valence-corrected chi connectivity index (χ0v) is 12.4. The number of benzene rings is 1. The minimum absolute atomic E-state index is 0.0849. The molecule has 0 saturated carbocycles. The van der Waals surface area contributed by atoms with Crippen molar-refractivity contribution in [1.82, 2.24) is 4.90 Å². The van der Waals surface area contributed by atoms with Crippen LogP contribution in [0.2, 0.25) is 10.0 Å². The standard InChI is InChI=1S/C12H15Cl2NO2S/c1-15(11-4-5-18(16,17)8-11)7-9-2-3-10(13)6-12(9)14/h2-3,6,11H,4-5,7-8H2,1H3/t11-/m1/s1. The molecule has 100 valence electrons. The molecule has 2 rings (SSSR count). The van der Waals surface area contributed by atoms with Crippen molar-refractivity contribution in [1.29, 1.82) is 0 Å². The number of hydrogen-bond acceptors (Lipinski definition) is 3. The largest absolute Gasteiger partial charge is 0.298 e. The van der Waals surface area contributed by atoms with Gasteiger partial charge in [-0.15, -0.1) is 0 Å². The third-order valence-electron chi connectivity index (χ3n) is 3.27. The molecule has 1 atom stereocenters. The van der Waals surface area contributed by atoms with Crippen LogP contribution in [0.15, 0.2) is 18.2 Å². The molecular formula is C12H15Cl2NO2S. The van der Waals surface area contributed by atoms with Gasteiger partial charge in [0.25, 0.3) is 0 Å². The van der Waals surface area contributed by atoms with Crippen molar-refractivity contribution in [3.05, 3.63) is 33.8 Å². The zero-order valence-electron chi connectivity index (χ0n) is 10.1. The van der Waals surface area contributed by atoms with Gasteiger partial charge in [0.2, 0.25) is 0 Å². The zero-order chi connectivity index (χ0) is 13.3. The van der Waals surface area contributed by atoms with Crippen LogP contribution in [0.1, 0.15) is 12.0 Å². The van der Waals surface area contributed by atoms with Crippen LogP contribution < -0.4 is 0 Å². The Morgan fingerprint density at radius 2 is 2.11 bits per heavy atom. The molecule has 0 aromatic heterocycles. The van der Waals surface area contributed by atoms with E-state index in [0.717, 1.165) is 5.56 Å². The normalized spacial score (nSPS) is 22.6. The molecule has 0 bridgehead atoms. The monoisotopic (exact) mass is 307 g/mol. The second-order valence-electron chi connectivity index (χ2n) is 4.71. The summed E-state index contributed by atoms with van der Waals surface area (Å²) >= 11 is 11.9. The summed E-state index contributed by atoms with van der Waals surface area (Å²) in [7, 11) is -0.918. The van der Waals surface area contributed by atoms with E-state index < -0.39 is 9.84 Å². The van der Waals surface area contributed by atoms with E-state index in [1.807, 2.05) is 18.0 Å². The van der Waals surface area contributed by atoms with E-state index in [-0.39, 0.29) is 17.5 Å². The highest BCUT2D eigenvalue weighted by Crippen LogP contribution is 2.24. The minimum Gasteiger partial charge on any atom is -0.298 e. The van der Waals surface area contributed by atoms with Gasteiger partial charge in [-0.3, -0.25) is 4.90 Å². The predicted molar refractivity (Wildman–Crippen MR) is 75.0 cm³/mol. The first-order valence-electron chi connectivity index (χ1n) is 5.72. The fourth-order valence-electron chi connectivity index (χ4n) is 2.17. The lowest BCUT2D eigenvalue weighted by atomic mass is 10.1. The van der Waals surface area contributed by atoms with Crippen molar-refractivity contribution in [2.24, 2.45) is 0 Å². The number of halogens is 2. The van der Waals surface area contributed by atoms with Crippen LogP contribution in [0.4, 0.5) is 0 Å². The summed E-state index contributed by atoms with van der Waals surface area (Å²) < 4.78 is 22.9. The van der Waals surface area contributed by atoms with Crippen LogP contribution in [0.3, 0.4) is 0 Å². The molecule has 0 radical (unpaired) electrons. The van der Waals surface area contributed by atoms with Crippen molar-refractivity contribution < 1.29 is 8.42 Å². The van der Waals surface area contributed by atoms with Crippen LogP contribution in [0, 0.1) is 0 Å². The highest BCUT2D eigenvalue weighted by atomic mass is 35.5. The van der Waals surface area contributed by atoms with Gasteiger partial charge in [0.1, 0.15) is 0 Å². The summed E-state index contributed by atoms with van der Waals surface area (Å²) in [5.74, 6) is 0.533. The van der Waals surface area contributed by atoms with E-state index in [1.165, 1.54) is 0 Å². The smallest absolute Gasteiger partial charge is 0.151 e. The fraction of sp³-hybridized carbons (Fsp3) is 0.500. The van der Waals surface area contributed by atoms with Crippen molar-refractivity contribution in [3.63, 3.8) is 0 Å². The highest BCUT2D eigenvalue weighted by molar-refractivity contribution is 7.91. The molecule has 0 N–H and O–H groups in total. The van der Waals surface area contributed by atoms with Gasteiger partial charge in [0, 0.05) is 22.6 Å². The van der Waals surface area contributed by atoms with Crippen molar-refractivity contribution in [2.75, 3.05) is 18.6 Å². The first kappa shape index (κ1) is 14.1. The lowest BCUT2D eigenvalue weighted by Gasteiger charge is -2.23. The van der Waals surface area contributed by atoms with Gasteiger partial charge in [-0.05, 0) is 31.2 Å². The molecule has 6 heteroatoms. The van der Waals surface area contributed by atoms with Crippen LogP contribution in [-0.2, 0) is 16.4 Å². The molecule has 0 amide bonds.